The van der Waals surface area contributed by atoms with Crippen molar-refractivity contribution in [3.8, 4) is 0 Å². The molecule has 0 saturated carbocycles. The number of fused-ring (bicyclic) bond motifs is 1. The van der Waals surface area contributed by atoms with Crippen molar-refractivity contribution in [2.75, 3.05) is 31.1 Å². The lowest BCUT2D eigenvalue weighted by atomic mass is 10.1. The zero-order valence-corrected chi connectivity index (χ0v) is 15.0. The summed E-state index contributed by atoms with van der Waals surface area (Å²) in [5, 5.41) is 3.67. The predicted octanol–water partition coefficient (Wildman–Crippen LogP) is 3.39. The lowest BCUT2D eigenvalue weighted by Gasteiger charge is -2.36. The maximum Gasteiger partial charge on any atom is 0.318 e. The van der Waals surface area contributed by atoms with Crippen LogP contribution in [0.4, 0.5) is 15.0 Å². The van der Waals surface area contributed by atoms with Crippen molar-refractivity contribution in [3.63, 3.8) is 0 Å². The smallest absolute Gasteiger partial charge is 0.318 e. The van der Waals surface area contributed by atoms with Crippen LogP contribution in [0.3, 0.4) is 0 Å². The fourth-order valence-electron chi connectivity index (χ4n) is 3.69. The minimum atomic E-state index is -0.177. The maximum atomic E-state index is 13.8. The molecule has 4 rings (SSSR count). The van der Waals surface area contributed by atoms with Crippen LogP contribution in [0.1, 0.15) is 23.6 Å². The van der Waals surface area contributed by atoms with Crippen LogP contribution < -0.4 is 10.2 Å². The van der Waals surface area contributed by atoms with E-state index in [1.54, 1.807) is 12.3 Å². The van der Waals surface area contributed by atoms with Crippen LogP contribution in [0.2, 0.25) is 5.02 Å². The third-order valence-electron chi connectivity index (χ3n) is 5.11. The SMILES string of the molecule is O=C(NC1CCc2c(F)cccc21)N1CCN(c2ccc(Cl)cn2)CC1. The van der Waals surface area contributed by atoms with Gasteiger partial charge in [0.2, 0.25) is 0 Å². The molecule has 1 aliphatic heterocycles. The molecule has 1 aliphatic carbocycles. The minimum Gasteiger partial charge on any atom is -0.353 e. The second-order valence-electron chi connectivity index (χ2n) is 6.66. The topological polar surface area (TPSA) is 48.5 Å². The van der Waals surface area contributed by atoms with E-state index < -0.39 is 0 Å². The number of urea groups is 1. The predicted molar refractivity (Wildman–Crippen MR) is 99.0 cm³/mol. The van der Waals surface area contributed by atoms with Gasteiger partial charge < -0.3 is 15.1 Å². The number of hydrogen-bond donors (Lipinski definition) is 1. The number of rotatable bonds is 2. The Morgan fingerprint density at radius 3 is 2.73 bits per heavy atom. The molecule has 0 spiro atoms. The van der Waals surface area contributed by atoms with Crippen LogP contribution in [-0.4, -0.2) is 42.1 Å². The first-order valence-corrected chi connectivity index (χ1v) is 9.19. The monoisotopic (exact) mass is 374 g/mol. The van der Waals surface area contributed by atoms with E-state index in [4.69, 9.17) is 11.6 Å². The Hall–Kier alpha value is -2.34. The molecule has 2 aliphatic rings. The molecular formula is C19H20ClFN4O. The average Bonchev–Trinajstić information content (AvgIpc) is 3.07. The first-order valence-electron chi connectivity index (χ1n) is 8.81. The van der Waals surface area contributed by atoms with Crippen molar-refractivity contribution in [2.45, 2.75) is 18.9 Å². The van der Waals surface area contributed by atoms with Gasteiger partial charge in [-0.1, -0.05) is 23.7 Å². The second-order valence-corrected chi connectivity index (χ2v) is 7.09. The number of aromatic nitrogens is 1. The number of benzene rings is 1. The quantitative estimate of drug-likeness (QED) is 0.876. The molecule has 1 fully saturated rings. The molecule has 1 saturated heterocycles. The van der Waals surface area contributed by atoms with Crippen molar-refractivity contribution in [2.24, 2.45) is 0 Å². The van der Waals surface area contributed by atoms with E-state index in [1.807, 2.05) is 23.1 Å². The zero-order chi connectivity index (χ0) is 18.1. The summed E-state index contributed by atoms with van der Waals surface area (Å²) in [4.78, 5) is 20.9. The highest BCUT2D eigenvalue weighted by Gasteiger charge is 2.29. The molecule has 2 aromatic rings. The summed E-state index contributed by atoms with van der Waals surface area (Å²) in [6.07, 6.45) is 3.05. The molecule has 1 atom stereocenters. The summed E-state index contributed by atoms with van der Waals surface area (Å²) in [5.74, 6) is 0.693. The summed E-state index contributed by atoms with van der Waals surface area (Å²) < 4.78 is 13.8. The Morgan fingerprint density at radius 2 is 2.00 bits per heavy atom. The van der Waals surface area contributed by atoms with Crippen LogP contribution in [0.15, 0.2) is 36.5 Å². The van der Waals surface area contributed by atoms with E-state index in [2.05, 4.69) is 15.2 Å². The number of piperazine rings is 1. The lowest BCUT2D eigenvalue weighted by molar-refractivity contribution is 0.190. The fourth-order valence-corrected chi connectivity index (χ4v) is 3.81. The highest BCUT2D eigenvalue weighted by atomic mass is 35.5. The molecule has 2 heterocycles. The van der Waals surface area contributed by atoms with E-state index in [0.29, 0.717) is 24.5 Å². The standard InChI is InChI=1S/C19H20ClFN4O/c20-13-4-7-18(22-12-13)24-8-10-25(11-9-24)19(26)23-17-6-5-14-15(17)2-1-3-16(14)21/h1-4,7,12,17H,5-6,8-11H2,(H,23,26). The Balaban J connectivity index is 1.35. The largest absolute Gasteiger partial charge is 0.353 e. The summed E-state index contributed by atoms with van der Waals surface area (Å²) in [6.45, 7) is 2.69. The maximum absolute atomic E-state index is 13.8. The number of amides is 2. The molecule has 1 aromatic heterocycles. The number of nitrogens with zero attached hydrogens (tertiary/aromatic N) is 3. The highest BCUT2D eigenvalue weighted by molar-refractivity contribution is 6.30. The molecule has 1 unspecified atom stereocenters. The molecular weight excluding hydrogens is 355 g/mol. The number of nitrogens with one attached hydrogen (secondary N) is 1. The van der Waals surface area contributed by atoms with Gasteiger partial charge in [-0.05, 0) is 42.2 Å². The Morgan fingerprint density at radius 1 is 1.19 bits per heavy atom. The molecule has 26 heavy (non-hydrogen) atoms. The van der Waals surface area contributed by atoms with Gasteiger partial charge in [-0.2, -0.15) is 0 Å². The Bertz CT molecular complexity index is 806. The number of anilines is 1. The normalized spacial score (nSPS) is 19.4. The summed E-state index contributed by atoms with van der Waals surface area (Å²) in [7, 11) is 0. The molecule has 2 amide bonds. The van der Waals surface area contributed by atoms with Gasteiger partial charge in [-0.25, -0.2) is 14.2 Å². The van der Waals surface area contributed by atoms with Crippen LogP contribution in [0, 0.1) is 5.82 Å². The third-order valence-corrected chi connectivity index (χ3v) is 5.34. The van der Waals surface area contributed by atoms with Crippen molar-refractivity contribution in [1.29, 1.82) is 0 Å². The van der Waals surface area contributed by atoms with Gasteiger partial charge in [0.25, 0.3) is 0 Å². The highest BCUT2D eigenvalue weighted by Crippen LogP contribution is 2.32. The summed E-state index contributed by atoms with van der Waals surface area (Å²) in [6, 6.07) is 8.60. The molecule has 5 nitrogen and oxygen atoms in total. The van der Waals surface area contributed by atoms with E-state index >= 15 is 0 Å². The van der Waals surface area contributed by atoms with Crippen molar-refractivity contribution >= 4 is 23.4 Å². The van der Waals surface area contributed by atoms with Crippen molar-refractivity contribution in [3.05, 3.63) is 58.5 Å². The first kappa shape index (κ1) is 17.1. The lowest BCUT2D eigenvalue weighted by Crippen LogP contribution is -2.52. The second kappa shape index (κ2) is 7.11. The van der Waals surface area contributed by atoms with Crippen molar-refractivity contribution < 1.29 is 9.18 Å². The van der Waals surface area contributed by atoms with Gasteiger partial charge in [0, 0.05) is 32.4 Å². The van der Waals surface area contributed by atoms with Crippen LogP contribution in [-0.2, 0) is 6.42 Å². The molecule has 0 bridgehead atoms. The van der Waals surface area contributed by atoms with E-state index in [0.717, 1.165) is 36.5 Å². The molecule has 0 radical (unpaired) electrons. The molecule has 1 aromatic carbocycles. The van der Waals surface area contributed by atoms with E-state index in [1.165, 1.54) is 6.07 Å². The summed E-state index contributed by atoms with van der Waals surface area (Å²) in [5.41, 5.74) is 1.64. The molecule has 7 heteroatoms. The molecule has 1 N–H and O–H groups in total. The zero-order valence-electron chi connectivity index (χ0n) is 14.3. The number of halogens is 2. The van der Waals surface area contributed by atoms with Gasteiger partial charge in [0.15, 0.2) is 0 Å². The minimum absolute atomic E-state index is 0.0872. The van der Waals surface area contributed by atoms with Crippen molar-refractivity contribution in [1.82, 2.24) is 15.2 Å². The fraction of sp³-hybridized carbons (Fsp3) is 0.368. The van der Waals surface area contributed by atoms with E-state index in [-0.39, 0.29) is 17.9 Å². The number of carbonyl (C=O) groups is 1. The van der Waals surface area contributed by atoms with Crippen LogP contribution in [0.5, 0.6) is 0 Å². The van der Waals surface area contributed by atoms with Gasteiger partial charge in [-0.3, -0.25) is 0 Å². The molecule has 136 valence electrons. The number of hydrogen-bond acceptors (Lipinski definition) is 3. The van der Waals surface area contributed by atoms with Crippen LogP contribution >= 0.6 is 11.6 Å². The Kier molecular flexibility index (Phi) is 4.68. The van der Waals surface area contributed by atoms with Crippen LogP contribution in [0.25, 0.3) is 0 Å². The van der Waals surface area contributed by atoms with Gasteiger partial charge in [0.1, 0.15) is 11.6 Å². The first-order chi connectivity index (χ1) is 12.6. The van der Waals surface area contributed by atoms with Gasteiger partial charge in [-0.15, -0.1) is 0 Å². The summed E-state index contributed by atoms with van der Waals surface area (Å²) >= 11 is 5.88. The Labute approximate surface area is 156 Å². The third kappa shape index (κ3) is 3.33. The van der Waals surface area contributed by atoms with Gasteiger partial charge in [0.05, 0.1) is 11.1 Å². The average molecular weight is 375 g/mol. The van der Waals surface area contributed by atoms with Gasteiger partial charge >= 0.3 is 6.03 Å². The number of pyridine rings is 1. The number of carbonyl (C=O) groups excluding carboxylic acids is 1. The van der Waals surface area contributed by atoms with E-state index in [9.17, 15) is 9.18 Å².